The van der Waals surface area contributed by atoms with Crippen molar-refractivity contribution in [2.45, 2.75) is 53.2 Å². The summed E-state index contributed by atoms with van der Waals surface area (Å²) >= 11 is 0. The molecule has 0 bridgehead atoms. The summed E-state index contributed by atoms with van der Waals surface area (Å²) in [5.74, 6) is 1.14. The van der Waals surface area contributed by atoms with Crippen LogP contribution in [-0.4, -0.2) is 20.6 Å². The Bertz CT molecular complexity index is 559. The summed E-state index contributed by atoms with van der Waals surface area (Å²) in [6.07, 6.45) is 6.85. The van der Waals surface area contributed by atoms with Gasteiger partial charge in [-0.1, -0.05) is 13.0 Å². The SMILES string of the molecule is CCc1nccn1C[C@@H](C)NCc1cnc(C)c(C)c1. The maximum atomic E-state index is 4.40. The summed E-state index contributed by atoms with van der Waals surface area (Å²) in [7, 11) is 0. The second-order valence-electron chi connectivity index (χ2n) is 5.38. The van der Waals surface area contributed by atoms with Gasteiger partial charge >= 0.3 is 0 Å². The predicted octanol–water partition coefficient (Wildman–Crippen LogP) is 2.64. The molecule has 1 N–H and O–H groups in total. The van der Waals surface area contributed by atoms with Gasteiger partial charge in [0, 0.05) is 49.8 Å². The molecule has 2 aromatic heterocycles. The molecule has 0 aromatic carbocycles. The van der Waals surface area contributed by atoms with E-state index in [1.807, 2.05) is 19.3 Å². The van der Waals surface area contributed by atoms with Crippen molar-refractivity contribution in [2.24, 2.45) is 0 Å². The van der Waals surface area contributed by atoms with Crippen LogP contribution in [0.15, 0.2) is 24.7 Å². The van der Waals surface area contributed by atoms with Crippen molar-refractivity contribution >= 4 is 0 Å². The Morgan fingerprint density at radius 1 is 1.30 bits per heavy atom. The van der Waals surface area contributed by atoms with E-state index >= 15 is 0 Å². The van der Waals surface area contributed by atoms with Crippen LogP contribution in [0.1, 0.15) is 36.5 Å². The summed E-state index contributed by atoms with van der Waals surface area (Å²) in [4.78, 5) is 8.76. The van der Waals surface area contributed by atoms with E-state index in [2.05, 4.69) is 52.9 Å². The quantitative estimate of drug-likeness (QED) is 0.879. The fourth-order valence-corrected chi connectivity index (χ4v) is 2.27. The van der Waals surface area contributed by atoms with Gasteiger partial charge < -0.3 is 9.88 Å². The largest absolute Gasteiger partial charge is 0.333 e. The second kappa shape index (κ2) is 6.66. The first kappa shape index (κ1) is 14.7. The lowest BCUT2D eigenvalue weighted by Gasteiger charge is -2.16. The monoisotopic (exact) mass is 272 g/mol. The summed E-state index contributed by atoms with van der Waals surface area (Å²) < 4.78 is 2.22. The second-order valence-corrected chi connectivity index (χ2v) is 5.38. The minimum absolute atomic E-state index is 0.399. The van der Waals surface area contributed by atoms with E-state index in [0.29, 0.717) is 6.04 Å². The van der Waals surface area contributed by atoms with Crippen LogP contribution in [0.5, 0.6) is 0 Å². The Hall–Kier alpha value is -1.68. The molecule has 0 aliphatic carbocycles. The van der Waals surface area contributed by atoms with Gasteiger partial charge in [-0.2, -0.15) is 0 Å². The van der Waals surface area contributed by atoms with Crippen molar-refractivity contribution in [2.75, 3.05) is 0 Å². The molecule has 0 saturated heterocycles. The van der Waals surface area contributed by atoms with E-state index < -0.39 is 0 Å². The average Bonchev–Trinajstić information content (AvgIpc) is 2.87. The summed E-state index contributed by atoms with van der Waals surface area (Å²) in [5.41, 5.74) is 3.59. The smallest absolute Gasteiger partial charge is 0.108 e. The van der Waals surface area contributed by atoms with Gasteiger partial charge in [-0.3, -0.25) is 4.98 Å². The number of hydrogen-bond donors (Lipinski definition) is 1. The molecule has 0 radical (unpaired) electrons. The van der Waals surface area contributed by atoms with Crippen LogP contribution < -0.4 is 5.32 Å². The first-order valence-electron chi connectivity index (χ1n) is 7.25. The Kier molecular flexibility index (Phi) is 4.90. The van der Waals surface area contributed by atoms with E-state index in [1.54, 1.807) is 0 Å². The van der Waals surface area contributed by atoms with Crippen LogP contribution in [0.3, 0.4) is 0 Å². The Morgan fingerprint density at radius 2 is 2.10 bits per heavy atom. The van der Waals surface area contributed by atoms with E-state index in [4.69, 9.17) is 0 Å². The van der Waals surface area contributed by atoms with Crippen molar-refractivity contribution in [1.82, 2.24) is 19.9 Å². The zero-order chi connectivity index (χ0) is 14.5. The number of aromatic nitrogens is 3. The summed E-state index contributed by atoms with van der Waals surface area (Å²) in [6, 6.07) is 2.60. The molecule has 108 valence electrons. The van der Waals surface area contributed by atoms with Crippen LogP contribution in [0.4, 0.5) is 0 Å². The normalized spacial score (nSPS) is 12.6. The van der Waals surface area contributed by atoms with Gasteiger partial charge in [0.1, 0.15) is 5.82 Å². The van der Waals surface area contributed by atoms with Gasteiger partial charge in [0.2, 0.25) is 0 Å². The van der Waals surface area contributed by atoms with Gasteiger partial charge in [-0.05, 0) is 31.9 Å². The maximum Gasteiger partial charge on any atom is 0.108 e. The first-order chi connectivity index (χ1) is 9.60. The van der Waals surface area contributed by atoms with Gasteiger partial charge in [0.15, 0.2) is 0 Å². The van der Waals surface area contributed by atoms with E-state index in [0.717, 1.165) is 31.0 Å². The first-order valence-corrected chi connectivity index (χ1v) is 7.25. The van der Waals surface area contributed by atoms with Gasteiger partial charge in [-0.15, -0.1) is 0 Å². The average molecular weight is 272 g/mol. The van der Waals surface area contributed by atoms with Crippen LogP contribution in [0.2, 0.25) is 0 Å². The number of imidazole rings is 1. The van der Waals surface area contributed by atoms with Crippen molar-refractivity contribution in [3.63, 3.8) is 0 Å². The Morgan fingerprint density at radius 3 is 2.80 bits per heavy atom. The zero-order valence-corrected chi connectivity index (χ0v) is 12.8. The summed E-state index contributed by atoms with van der Waals surface area (Å²) in [5, 5.41) is 3.55. The summed E-state index contributed by atoms with van der Waals surface area (Å²) in [6.45, 7) is 10.3. The highest BCUT2D eigenvalue weighted by Crippen LogP contribution is 2.07. The number of pyridine rings is 1. The van der Waals surface area contributed by atoms with E-state index in [-0.39, 0.29) is 0 Å². The molecule has 2 aromatic rings. The van der Waals surface area contributed by atoms with E-state index in [9.17, 15) is 0 Å². The number of hydrogen-bond acceptors (Lipinski definition) is 3. The Labute approximate surface area is 121 Å². The van der Waals surface area contributed by atoms with Crippen LogP contribution >= 0.6 is 0 Å². The fourth-order valence-electron chi connectivity index (χ4n) is 2.27. The molecule has 2 rings (SSSR count). The van der Waals surface area contributed by atoms with Crippen molar-refractivity contribution in [1.29, 1.82) is 0 Å². The minimum Gasteiger partial charge on any atom is -0.333 e. The highest BCUT2D eigenvalue weighted by atomic mass is 15.1. The van der Waals surface area contributed by atoms with Crippen LogP contribution in [0, 0.1) is 13.8 Å². The highest BCUT2D eigenvalue weighted by molar-refractivity contribution is 5.22. The standard InChI is InChI=1S/C16H24N4/c1-5-16-17-6-7-20(16)11-13(3)18-9-15-8-12(2)14(4)19-10-15/h6-8,10,13,18H,5,9,11H2,1-4H3/t13-/m1/s1. The van der Waals surface area contributed by atoms with Crippen LogP contribution in [0.25, 0.3) is 0 Å². The van der Waals surface area contributed by atoms with E-state index in [1.165, 1.54) is 11.1 Å². The van der Waals surface area contributed by atoms with Crippen molar-refractivity contribution in [3.8, 4) is 0 Å². The Balaban J connectivity index is 1.88. The molecule has 0 saturated carbocycles. The third kappa shape index (κ3) is 3.67. The maximum absolute atomic E-state index is 4.40. The topological polar surface area (TPSA) is 42.7 Å². The number of nitrogens with one attached hydrogen (secondary N) is 1. The number of rotatable bonds is 6. The lowest BCUT2D eigenvalue weighted by Crippen LogP contribution is -2.30. The van der Waals surface area contributed by atoms with Crippen molar-refractivity contribution < 1.29 is 0 Å². The molecule has 0 aliphatic heterocycles. The molecule has 0 fully saturated rings. The van der Waals surface area contributed by atoms with Gasteiger partial charge in [-0.25, -0.2) is 4.98 Å². The zero-order valence-electron chi connectivity index (χ0n) is 12.8. The number of nitrogens with zero attached hydrogens (tertiary/aromatic N) is 3. The minimum atomic E-state index is 0.399. The van der Waals surface area contributed by atoms with Crippen LogP contribution in [-0.2, 0) is 19.5 Å². The third-order valence-electron chi connectivity index (χ3n) is 3.64. The molecule has 0 unspecified atom stereocenters. The third-order valence-corrected chi connectivity index (χ3v) is 3.64. The molecular weight excluding hydrogens is 248 g/mol. The van der Waals surface area contributed by atoms with Gasteiger partial charge in [0.05, 0.1) is 0 Å². The highest BCUT2D eigenvalue weighted by Gasteiger charge is 2.06. The fraction of sp³-hybridized carbons (Fsp3) is 0.500. The van der Waals surface area contributed by atoms with Gasteiger partial charge in [0.25, 0.3) is 0 Å². The lowest BCUT2D eigenvalue weighted by molar-refractivity contribution is 0.467. The molecule has 4 nitrogen and oxygen atoms in total. The molecule has 0 aliphatic rings. The lowest BCUT2D eigenvalue weighted by atomic mass is 10.1. The molecule has 0 amide bonds. The molecule has 4 heteroatoms. The molecule has 20 heavy (non-hydrogen) atoms. The van der Waals surface area contributed by atoms with Crippen molar-refractivity contribution in [3.05, 3.63) is 47.3 Å². The molecule has 1 atom stereocenters. The molecule has 0 spiro atoms. The number of aryl methyl sites for hydroxylation is 3. The molecular formula is C16H24N4. The molecule has 2 heterocycles. The predicted molar refractivity (Wildman–Crippen MR) is 81.6 cm³/mol.